The molecule has 2 N–H and O–H groups in total. The molecular weight excluding hydrogens is 256 g/mol. The lowest BCUT2D eigenvalue weighted by Crippen LogP contribution is -2.40. The van der Waals surface area contributed by atoms with Crippen LogP contribution in [0, 0.1) is 16.7 Å². The van der Waals surface area contributed by atoms with Gasteiger partial charge in [-0.25, -0.2) is 4.79 Å². The van der Waals surface area contributed by atoms with Gasteiger partial charge in [-0.05, 0) is 33.1 Å². The van der Waals surface area contributed by atoms with Crippen molar-refractivity contribution in [1.29, 1.82) is 5.26 Å². The first kappa shape index (κ1) is 16.0. The number of nitrogen functional groups attached to an aromatic ring is 1. The van der Waals surface area contributed by atoms with E-state index in [-0.39, 0.29) is 17.9 Å². The Morgan fingerprint density at radius 3 is 2.55 bits per heavy atom. The Balaban J connectivity index is 2.98. The Labute approximate surface area is 118 Å². The van der Waals surface area contributed by atoms with Crippen LogP contribution in [-0.4, -0.2) is 9.13 Å². The molecule has 110 valence electrons. The number of anilines is 1. The standard InChI is InChI=1S/C14H22N4O2/c1-4-7-17-9-11(16)12(19)18(13(17)20)8-5-6-14(2,3)10-15/h9H,4-8,16H2,1-3H3. The van der Waals surface area contributed by atoms with E-state index in [9.17, 15) is 9.59 Å². The molecule has 1 rings (SSSR count). The molecule has 0 amide bonds. The van der Waals surface area contributed by atoms with E-state index in [0.29, 0.717) is 19.4 Å². The van der Waals surface area contributed by atoms with E-state index < -0.39 is 11.0 Å². The highest BCUT2D eigenvalue weighted by atomic mass is 16.2. The van der Waals surface area contributed by atoms with Crippen LogP contribution in [0.1, 0.15) is 40.0 Å². The smallest absolute Gasteiger partial charge is 0.331 e. The van der Waals surface area contributed by atoms with Crippen molar-refractivity contribution < 1.29 is 0 Å². The second-order valence-electron chi connectivity index (χ2n) is 5.62. The third-order valence-corrected chi connectivity index (χ3v) is 3.21. The summed E-state index contributed by atoms with van der Waals surface area (Å²) in [6.07, 6.45) is 3.41. The number of nitrogens with zero attached hydrogens (tertiary/aromatic N) is 3. The van der Waals surface area contributed by atoms with E-state index in [4.69, 9.17) is 11.0 Å². The van der Waals surface area contributed by atoms with Gasteiger partial charge in [0, 0.05) is 19.3 Å². The Bertz CT molecular complexity index is 620. The number of aromatic nitrogens is 2. The van der Waals surface area contributed by atoms with E-state index in [0.717, 1.165) is 6.42 Å². The number of nitriles is 1. The van der Waals surface area contributed by atoms with Gasteiger partial charge < -0.3 is 5.73 Å². The molecule has 0 aliphatic rings. The van der Waals surface area contributed by atoms with Crippen LogP contribution >= 0.6 is 0 Å². The van der Waals surface area contributed by atoms with Gasteiger partial charge in [0.15, 0.2) is 0 Å². The quantitative estimate of drug-likeness (QED) is 0.849. The van der Waals surface area contributed by atoms with Crippen molar-refractivity contribution in [3.05, 3.63) is 27.0 Å². The molecule has 0 unspecified atom stereocenters. The monoisotopic (exact) mass is 278 g/mol. The molecule has 6 nitrogen and oxygen atoms in total. The van der Waals surface area contributed by atoms with Crippen LogP contribution < -0.4 is 17.0 Å². The molecular formula is C14H22N4O2. The van der Waals surface area contributed by atoms with E-state index >= 15 is 0 Å². The van der Waals surface area contributed by atoms with Gasteiger partial charge >= 0.3 is 5.69 Å². The van der Waals surface area contributed by atoms with Gasteiger partial charge in [0.1, 0.15) is 5.69 Å². The van der Waals surface area contributed by atoms with Gasteiger partial charge in [-0.15, -0.1) is 0 Å². The summed E-state index contributed by atoms with van der Waals surface area (Å²) in [4.78, 5) is 24.1. The van der Waals surface area contributed by atoms with Crippen LogP contribution in [0.4, 0.5) is 5.69 Å². The molecule has 1 heterocycles. The lowest BCUT2D eigenvalue weighted by molar-refractivity contribution is 0.405. The van der Waals surface area contributed by atoms with E-state index in [1.54, 1.807) is 0 Å². The fraction of sp³-hybridized carbons (Fsp3) is 0.643. The summed E-state index contributed by atoms with van der Waals surface area (Å²) in [5.74, 6) is 0. The third-order valence-electron chi connectivity index (χ3n) is 3.21. The van der Waals surface area contributed by atoms with Crippen LogP contribution in [0.2, 0.25) is 0 Å². The van der Waals surface area contributed by atoms with E-state index in [2.05, 4.69) is 6.07 Å². The van der Waals surface area contributed by atoms with Crippen LogP contribution in [-0.2, 0) is 13.1 Å². The molecule has 0 saturated carbocycles. The lowest BCUT2D eigenvalue weighted by atomic mass is 9.90. The average Bonchev–Trinajstić information content (AvgIpc) is 2.40. The zero-order chi connectivity index (χ0) is 15.3. The normalized spacial score (nSPS) is 11.3. The summed E-state index contributed by atoms with van der Waals surface area (Å²) < 4.78 is 2.63. The average molecular weight is 278 g/mol. The first-order valence-electron chi connectivity index (χ1n) is 6.83. The van der Waals surface area contributed by atoms with Crippen molar-refractivity contribution in [1.82, 2.24) is 9.13 Å². The summed E-state index contributed by atoms with van der Waals surface area (Å²) in [5.41, 5.74) is 4.51. The molecule has 1 aromatic heterocycles. The number of nitrogens with two attached hydrogens (primary N) is 1. The molecule has 0 bridgehead atoms. The molecule has 0 saturated heterocycles. The van der Waals surface area contributed by atoms with Gasteiger partial charge in [0.05, 0.1) is 11.5 Å². The SMILES string of the molecule is CCCn1cc(N)c(=O)n(CCCC(C)(C)C#N)c1=O. The Hall–Kier alpha value is -2.03. The van der Waals surface area contributed by atoms with Crippen molar-refractivity contribution in [2.75, 3.05) is 5.73 Å². The van der Waals surface area contributed by atoms with Crippen LogP contribution in [0.15, 0.2) is 15.8 Å². The minimum Gasteiger partial charge on any atom is -0.393 e. The Morgan fingerprint density at radius 2 is 2.00 bits per heavy atom. The molecule has 20 heavy (non-hydrogen) atoms. The predicted octanol–water partition coefficient (Wildman–Crippen LogP) is 1.33. The lowest BCUT2D eigenvalue weighted by Gasteiger charge is -2.15. The van der Waals surface area contributed by atoms with Gasteiger partial charge in [0.25, 0.3) is 5.56 Å². The van der Waals surface area contributed by atoms with Crippen LogP contribution in [0.3, 0.4) is 0 Å². The van der Waals surface area contributed by atoms with E-state index in [1.807, 2.05) is 20.8 Å². The topological polar surface area (TPSA) is 93.8 Å². The first-order chi connectivity index (χ1) is 9.32. The van der Waals surface area contributed by atoms with Gasteiger partial charge in [-0.2, -0.15) is 5.26 Å². The number of aryl methyl sites for hydroxylation is 1. The minimum atomic E-state index is -0.452. The Kier molecular flexibility index (Phi) is 5.14. The summed E-state index contributed by atoms with van der Waals surface area (Å²) in [6, 6.07) is 2.20. The summed E-state index contributed by atoms with van der Waals surface area (Å²) >= 11 is 0. The maximum atomic E-state index is 12.2. The molecule has 6 heteroatoms. The predicted molar refractivity (Wildman–Crippen MR) is 78.3 cm³/mol. The summed E-state index contributed by atoms with van der Waals surface area (Å²) in [5, 5.41) is 8.95. The van der Waals surface area contributed by atoms with E-state index in [1.165, 1.54) is 15.3 Å². The summed E-state index contributed by atoms with van der Waals surface area (Å²) in [7, 11) is 0. The zero-order valence-corrected chi connectivity index (χ0v) is 12.3. The number of rotatable bonds is 6. The second-order valence-corrected chi connectivity index (χ2v) is 5.62. The van der Waals surface area contributed by atoms with Crippen LogP contribution in [0.25, 0.3) is 0 Å². The van der Waals surface area contributed by atoms with Crippen molar-refractivity contribution in [3.63, 3.8) is 0 Å². The maximum Gasteiger partial charge on any atom is 0.331 e. The molecule has 0 radical (unpaired) electrons. The van der Waals surface area contributed by atoms with Crippen molar-refractivity contribution in [3.8, 4) is 6.07 Å². The molecule has 0 fully saturated rings. The molecule has 0 aliphatic carbocycles. The highest BCUT2D eigenvalue weighted by molar-refractivity contribution is 5.30. The maximum absolute atomic E-state index is 12.2. The zero-order valence-electron chi connectivity index (χ0n) is 12.3. The number of hydrogen-bond acceptors (Lipinski definition) is 4. The fourth-order valence-corrected chi connectivity index (χ4v) is 2.01. The molecule has 0 aliphatic heterocycles. The highest BCUT2D eigenvalue weighted by Crippen LogP contribution is 2.20. The largest absolute Gasteiger partial charge is 0.393 e. The molecule has 1 aromatic rings. The molecule has 0 atom stereocenters. The fourth-order valence-electron chi connectivity index (χ4n) is 2.01. The third kappa shape index (κ3) is 3.73. The van der Waals surface area contributed by atoms with Gasteiger partial charge in [-0.1, -0.05) is 6.92 Å². The second kappa shape index (κ2) is 6.42. The van der Waals surface area contributed by atoms with Gasteiger partial charge in [0.2, 0.25) is 0 Å². The van der Waals surface area contributed by atoms with Gasteiger partial charge in [-0.3, -0.25) is 13.9 Å². The van der Waals surface area contributed by atoms with Crippen molar-refractivity contribution >= 4 is 5.69 Å². The first-order valence-corrected chi connectivity index (χ1v) is 6.83. The van der Waals surface area contributed by atoms with Crippen LogP contribution in [0.5, 0.6) is 0 Å². The minimum absolute atomic E-state index is 0.0811. The Morgan fingerprint density at radius 1 is 1.35 bits per heavy atom. The molecule has 0 aromatic carbocycles. The highest BCUT2D eigenvalue weighted by Gasteiger charge is 2.17. The van der Waals surface area contributed by atoms with Crippen molar-refractivity contribution in [2.45, 2.75) is 53.1 Å². The van der Waals surface area contributed by atoms with Crippen molar-refractivity contribution in [2.24, 2.45) is 5.41 Å². The number of hydrogen-bond donors (Lipinski definition) is 1. The molecule has 0 spiro atoms. The summed E-state index contributed by atoms with van der Waals surface area (Å²) in [6.45, 7) is 6.45.